The molecule has 0 atom stereocenters. The Morgan fingerprint density at radius 3 is 2.75 bits per heavy atom. The summed E-state index contributed by atoms with van der Waals surface area (Å²) in [6.45, 7) is 4.54. The van der Waals surface area contributed by atoms with Gasteiger partial charge in [0.05, 0.1) is 12.0 Å². The van der Waals surface area contributed by atoms with Crippen molar-refractivity contribution in [3.8, 4) is 17.2 Å². The van der Waals surface area contributed by atoms with E-state index in [1.54, 1.807) is 0 Å². The van der Waals surface area contributed by atoms with E-state index in [2.05, 4.69) is 13.8 Å². The third kappa shape index (κ3) is 3.04. The minimum Gasteiger partial charge on any atom is -0.508 e. The van der Waals surface area contributed by atoms with Crippen LogP contribution in [0, 0.1) is 5.92 Å². The molecule has 0 unspecified atom stereocenters. The van der Waals surface area contributed by atoms with Crippen LogP contribution in [0.25, 0.3) is 11.0 Å². The minimum absolute atomic E-state index is 0.0209. The highest BCUT2D eigenvalue weighted by Gasteiger charge is 2.15. The number of phenols is 1. The van der Waals surface area contributed by atoms with Gasteiger partial charge in [0.1, 0.15) is 11.3 Å². The smallest absolute Gasteiger partial charge is 0.383 e. The Hall–Kier alpha value is -2.17. The van der Waals surface area contributed by atoms with Crippen LogP contribution in [0.2, 0.25) is 0 Å². The first-order valence-corrected chi connectivity index (χ1v) is 6.60. The number of hydrogen-bond donors (Lipinski definition) is 2. The summed E-state index contributed by atoms with van der Waals surface area (Å²) in [7, 11) is 0. The van der Waals surface area contributed by atoms with Gasteiger partial charge in [-0.1, -0.05) is 13.8 Å². The molecule has 2 aromatic rings. The molecule has 0 saturated heterocycles. The highest BCUT2D eigenvalue weighted by molar-refractivity contribution is 5.86. The molecule has 2 rings (SSSR count). The maximum absolute atomic E-state index is 11.8. The molecule has 2 N–H and O–H groups in total. The van der Waals surface area contributed by atoms with E-state index in [9.17, 15) is 15.0 Å². The second-order valence-electron chi connectivity index (χ2n) is 5.13. The number of fused-ring (bicyclic) bond motifs is 1. The number of rotatable bonds is 5. The van der Waals surface area contributed by atoms with E-state index in [1.807, 2.05) is 0 Å². The lowest BCUT2D eigenvalue weighted by molar-refractivity contribution is 0.271. The van der Waals surface area contributed by atoms with Crippen LogP contribution < -0.4 is 10.4 Å². The zero-order chi connectivity index (χ0) is 14.7. The van der Waals surface area contributed by atoms with E-state index >= 15 is 0 Å². The van der Waals surface area contributed by atoms with E-state index in [-0.39, 0.29) is 28.2 Å². The molecule has 1 aromatic carbocycles. The maximum Gasteiger partial charge on any atom is 0.383 e. The van der Waals surface area contributed by atoms with Crippen LogP contribution in [-0.2, 0) is 0 Å². The minimum atomic E-state index is -0.717. The molecular formula is C15H18O5. The molecule has 1 heterocycles. The standard InChI is InChI=1S/C15H18O5/c1-9(2)4-3-7-19-14-13(17)11-8-10(16)5-6-12(11)20-15(14)18/h5-6,8-9,16-17H,3-4,7H2,1-2H3. The molecular weight excluding hydrogens is 260 g/mol. The Bertz CT molecular complexity index is 657. The maximum atomic E-state index is 11.8. The van der Waals surface area contributed by atoms with Crippen molar-refractivity contribution in [3.63, 3.8) is 0 Å². The van der Waals surface area contributed by atoms with Crippen LogP contribution in [0.15, 0.2) is 27.4 Å². The molecule has 20 heavy (non-hydrogen) atoms. The van der Waals surface area contributed by atoms with Gasteiger partial charge in [0.15, 0.2) is 5.75 Å². The van der Waals surface area contributed by atoms with E-state index in [4.69, 9.17) is 9.15 Å². The zero-order valence-electron chi connectivity index (χ0n) is 11.5. The van der Waals surface area contributed by atoms with Gasteiger partial charge in [-0.2, -0.15) is 0 Å². The quantitative estimate of drug-likeness (QED) is 0.649. The fourth-order valence-electron chi connectivity index (χ4n) is 1.95. The Labute approximate surface area is 116 Å². The largest absolute Gasteiger partial charge is 0.508 e. The summed E-state index contributed by atoms with van der Waals surface area (Å²) >= 11 is 0. The first-order valence-electron chi connectivity index (χ1n) is 6.60. The van der Waals surface area contributed by atoms with Crippen molar-refractivity contribution in [2.45, 2.75) is 26.7 Å². The topological polar surface area (TPSA) is 79.9 Å². The van der Waals surface area contributed by atoms with Gasteiger partial charge in [-0.25, -0.2) is 4.79 Å². The van der Waals surface area contributed by atoms with Gasteiger partial charge in [0, 0.05) is 0 Å². The van der Waals surface area contributed by atoms with Crippen molar-refractivity contribution in [1.82, 2.24) is 0 Å². The molecule has 0 spiro atoms. The molecule has 5 heteroatoms. The van der Waals surface area contributed by atoms with E-state index in [0.717, 1.165) is 12.8 Å². The Morgan fingerprint density at radius 2 is 2.05 bits per heavy atom. The van der Waals surface area contributed by atoms with Gasteiger partial charge >= 0.3 is 5.63 Å². The van der Waals surface area contributed by atoms with Crippen molar-refractivity contribution >= 4 is 11.0 Å². The lowest BCUT2D eigenvalue weighted by Crippen LogP contribution is -2.09. The Kier molecular flexibility index (Phi) is 4.17. The second kappa shape index (κ2) is 5.86. The first kappa shape index (κ1) is 14.2. The molecule has 0 bridgehead atoms. The highest BCUT2D eigenvalue weighted by Crippen LogP contribution is 2.33. The van der Waals surface area contributed by atoms with Crippen LogP contribution in [0.5, 0.6) is 17.2 Å². The molecule has 108 valence electrons. The monoisotopic (exact) mass is 278 g/mol. The first-order chi connectivity index (χ1) is 9.49. The molecule has 0 fully saturated rings. The van der Waals surface area contributed by atoms with Crippen LogP contribution >= 0.6 is 0 Å². The van der Waals surface area contributed by atoms with Crippen LogP contribution in [0.4, 0.5) is 0 Å². The number of benzene rings is 1. The molecule has 0 aliphatic rings. The van der Waals surface area contributed by atoms with Gasteiger partial charge in [-0.15, -0.1) is 0 Å². The third-order valence-electron chi connectivity index (χ3n) is 2.99. The summed E-state index contributed by atoms with van der Waals surface area (Å²) < 4.78 is 10.4. The number of hydrogen-bond acceptors (Lipinski definition) is 5. The van der Waals surface area contributed by atoms with Crippen molar-refractivity contribution in [2.75, 3.05) is 6.61 Å². The van der Waals surface area contributed by atoms with E-state index < -0.39 is 5.63 Å². The predicted molar refractivity (Wildman–Crippen MR) is 75.4 cm³/mol. The summed E-state index contributed by atoms with van der Waals surface area (Å²) in [5, 5.41) is 19.7. The van der Waals surface area contributed by atoms with Crippen molar-refractivity contribution < 1.29 is 19.4 Å². The molecule has 0 saturated carbocycles. The highest BCUT2D eigenvalue weighted by atomic mass is 16.5. The molecule has 0 aliphatic carbocycles. The van der Waals surface area contributed by atoms with Crippen LogP contribution in [0.1, 0.15) is 26.7 Å². The second-order valence-corrected chi connectivity index (χ2v) is 5.13. The van der Waals surface area contributed by atoms with Crippen LogP contribution in [0.3, 0.4) is 0 Å². The Morgan fingerprint density at radius 1 is 1.30 bits per heavy atom. The third-order valence-corrected chi connectivity index (χ3v) is 2.99. The summed E-state index contributed by atoms with van der Waals surface area (Å²) in [5.41, 5.74) is -0.509. The SMILES string of the molecule is CC(C)CCCOc1c(O)c2cc(O)ccc2oc1=O. The molecule has 5 nitrogen and oxygen atoms in total. The lowest BCUT2D eigenvalue weighted by Gasteiger charge is -2.09. The summed E-state index contributed by atoms with van der Waals surface area (Å²) in [6, 6.07) is 4.14. The predicted octanol–water partition coefficient (Wildman–Crippen LogP) is 3.02. The van der Waals surface area contributed by atoms with Gasteiger partial charge in [0.2, 0.25) is 5.75 Å². The van der Waals surface area contributed by atoms with Crippen molar-refractivity contribution in [2.24, 2.45) is 5.92 Å². The fraction of sp³-hybridized carbons (Fsp3) is 0.400. The van der Waals surface area contributed by atoms with Gasteiger partial charge in [-0.3, -0.25) is 0 Å². The van der Waals surface area contributed by atoms with Gasteiger partial charge < -0.3 is 19.4 Å². The lowest BCUT2D eigenvalue weighted by atomic mass is 10.1. The van der Waals surface area contributed by atoms with E-state index in [0.29, 0.717) is 12.5 Å². The zero-order valence-corrected chi connectivity index (χ0v) is 11.5. The summed E-state index contributed by atoms with van der Waals surface area (Å²) in [6.07, 6.45) is 1.76. The number of phenolic OH excluding ortho intramolecular Hbond substituents is 1. The normalized spacial score (nSPS) is 11.2. The van der Waals surface area contributed by atoms with Gasteiger partial charge in [-0.05, 0) is 37.0 Å². The van der Waals surface area contributed by atoms with Crippen molar-refractivity contribution in [3.05, 3.63) is 28.6 Å². The van der Waals surface area contributed by atoms with Gasteiger partial charge in [0.25, 0.3) is 0 Å². The van der Waals surface area contributed by atoms with Crippen LogP contribution in [-0.4, -0.2) is 16.8 Å². The van der Waals surface area contributed by atoms with Crippen molar-refractivity contribution in [1.29, 1.82) is 0 Å². The average Bonchev–Trinajstić information content (AvgIpc) is 2.38. The van der Waals surface area contributed by atoms with E-state index in [1.165, 1.54) is 18.2 Å². The Balaban J connectivity index is 2.26. The molecule has 1 aromatic heterocycles. The average molecular weight is 278 g/mol. The molecule has 0 aliphatic heterocycles. The fourth-order valence-corrected chi connectivity index (χ4v) is 1.95. The summed E-state index contributed by atoms with van der Waals surface area (Å²) in [5.74, 6) is 0.0353. The summed E-state index contributed by atoms with van der Waals surface area (Å²) in [4.78, 5) is 11.8. The number of ether oxygens (including phenoxy) is 1. The number of aromatic hydroxyl groups is 2. The molecule has 0 radical (unpaired) electrons. The molecule has 0 amide bonds.